The minimum Gasteiger partial charge on any atom is -0.411 e. The Balaban J connectivity index is 1.84. The van der Waals surface area contributed by atoms with E-state index in [0.717, 1.165) is 22.2 Å². The van der Waals surface area contributed by atoms with E-state index in [1.807, 2.05) is 89.5 Å². The molecule has 1 unspecified atom stereocenters. The molecule has 2 heterocycles. The molecule has 0 fully saturated rings. The van der Waals surface area contributed by atoms with Gasteiger partial charge in [0.15, 0.2) is 0 Å². The van der Waals surface area contributed by atoms with E-state index >= 15 is 0 Å². The summed E-state index contributed by atoms with van der Waals surface area (Å²) < 4.78 is 2.03. The van der Waals surface area contributed by atoms with Crippen molar-refractivity contribution < 1.29 is 5.21 Å². The summed E-state index contributed by atoms with van der Waals surface area (Å²) in [5.74, 6) is 0.608. The van der Waals surface area contributed by atoms with Crippen molar-refractivity contribution in [2.24, 2.45) is 10.1 Å². The number of aromatic nitrogens is 2. The zero-order chi connectivity index (χ0) is 18.2. The SMILES string of the molecule is O/N=C1\C(c2ccccc2)=Nc2nc3ccccc3n2C1c1ccccc1. The third-order valence-electron chi connectivity index (χ3n) is 4.82. The normalized spacial score (nSPS) is 17.7. The monoisotopic (exact) mass is 352 g/mol. The van der Waals surface area contributed by atoms with Gasteiger partial charge in [0.05, 0.1) is 11.0 Å². The van der Waals surface area contributed by atoms with Crippen LogP contribution in [0.5, 0.6) is 0 Å². The summed E-state index contributed by atoms with van der Waals surface area (Å²) in [6, 6.07) is 27.4. The van der Waals surface area contributed by atoms with Crippen molar-refractivity contribution in [1.82, 2.24) is 9.55 Å². The van der Waals surface area contributed by atoms with Gasteiger partial charge in [0, 0.05) is 5.56 Å². The van der Waals surface area contributed by atoms with Crippen molar-refractivity contribution >= 4 is 28.4 Å². The van der Waals surface area contributed by atoms with Gasteiger partial charge in [-0.05, 0) is 17.7 Å². The van der Waals surface area contributed by atoms with Crippen LogP contribution < -0.4 is 0 Å². The molecule has 1 N–H and O–H groups in total. The van der Waals surface area contributed by atoms with Crippen LogP contribution in [-0.4, -0.2) is 26.2 Å². The lowest BCUT2D eigenvalue weighted by molar-refractivity contribution is 0.317. The van der Waals surface area contributed by atoms with Gasteiger partial charge in [-0.15, -0.1) is 0 Å². The van der Waals surface area contributed by atoms with Gasteiger partial charge in [-0.2, -0.15) is 0 Å². The summed E-state index contributed by atoms with van der Waals surface area (Å²) >= 11 is 0. The molecule has 1 aliphatic heterocycles. The van der Waals surface area contributed by atoms with Gasteiger partial charge >= 0.3 is 0 Å². The average Bonchev–Trinajstić information content (AvgIpc) is 3.12. The molecule has 0 saturated heterocycles. The van der Waals surface area contributed by atoms with E-state index in [9.17, 15) is 5.21 Å². The molecule has 4 aromatic rings. The fourth-order valence-electron chi connectivity index (χ4n) is 3.63. The maximum Gasteiger partial charge on any atom is 0.232 e. The first kappa shape index (κ1) is 15.5. The summed E-state index contributed by atoms with van der Waals surface area (Å²) in [7, 11) is 0. The molecule has 0 bridgehead atoms. The fraction of sp³-hybridized carbons (Fsp3) is 0.0455. The number of benzene rings is 3. The molecule has 0 radical (unpaired) electrons. The van der Waals surface area contributed by atoms with Crippen molar-refractivity contribution in [2.75, 3.05) is 0 Å². The number of imidazole rings is 1. The maximum absolute atomic E-state index is 9.96. The predicted octanol–water partition coefficient (Wildman–Crippen LogP) is 4.59. The smallest absolute Gasteiger partial charge is 0.232 e. The van der Waals surface area contributed by atoms with E-state index in [1.165, 1.54) is 0 Å². The van der Waals surface area contributed by atoms with Crippen molar-refractivity contribution in [3.8, 4) is 0 Å². The molecule has 5 rings (SSSR count). The zero-order valence-electron chi connectivity index (χ0n) is 14.4. The van der Waals surface area contributed by atoms with E-state index in [0.29, 0.717) is 17.4 Å². The van der Waals surface area contributed by atoms with Gasteiger partial charge in [0.25, 0.3) is 0 Å². The van der Waals surface area contributed by atoms with E-state index in [4.69, 9.17) is 9.98 Å². The highest BCUT2D eigenvalue weighted by Crippen LogP contribution is 2.36. The first-order valence-corrected chi connectivity index (χ1v) is 8.75. The molecule has 27 heavy (non-hydrogen) atoms. The zero-order valence-corrected chi connectivity index (χ0v) is 14.4. The lowest BCUT2D eigenvalue weighted by Gasteiger charge is -2.27. The number of rotatable bonds is 2. The van der Waals surface area contributed by atoms with E-state index < -0.39 is 0 Å². The second-order valence-corrected chi connectivity index (χ2v) is 6.40. The topological polar surface area (TPSA) is 62.8 Å². The Labute approximate surface area is 155 Å². The van der Waals surface area contributed by atoms with Crippen LogP contribution in [0.1, 0.15) is 17.2 Å². The first-order chi connectivity index (χ1) is 13.4. The number of aliphatic imine (C=N–C) groups is 1. The second-order valence-electron chi connectivity index (χ2n) is 6.40. The molecule has 130 valence electrons. The molecule has 0 amide bonds. The summed E-state index contributed by atoms with van der Waals surface area (Å²) in [5.41, 5.74) is 4.86. The van der Waals surface area contributed by atoms with Crippen LogP contribution in [0.3, 0.4) is 0 Å². The summed E-state index contributed by atoms with van der Waals surface area (Å²) in [5, 5.41) is 13.6. The van der Waals surface area contributed by atoms with E-state index in [-0.39, 0.29) is 6.04 Å². The van der Waals surface area contributed by atoms with Crippen LogP contribution in [0.2, 0.25) is 0 Å². The van der Waals surface area contributed by atoms with Crippen molar-refractivity contribution in [3.05, 3.63) is 96.1 Å². The van der Waals surface area contributed by atoms with Crippen LogP contribution in [0.4, 0.5) is 5.95 Å². The Hall–Kier alpha value is -3.73. The Morgan fingerprint density at radius 1 is 0.815 bits per heavy atom. The predicted molar refractivity (Wildman–Crippen MR) is 106 cm³/mol. The number of hydrogen-bond donors (Lipinski definition) is 1. The van der Waals surface area contributed by atoms with Crippen LogP contribution in [0.25, 0.3) is 11.0 Å². The lowest BCUT2D eigenvalue weighted by Crippen LogP contribution is -2.32. The quantitative estimate of drug-likeness (QED) is 0.424. The number of nitrogens with zero attached hydrogens (tertiary/aromatic N) is 4. The largest absolute Gasteiger partial charge is 0.411 e. The molecule has 1 aromatic heterocycles. The molecular formula is C22H16N4O. The summed E-state index contributed by atoms with van der Waals surface area (Å²) in [4.78, 5) is 9.47. The van der Waals surface area contributed by atoms with Crippen LogP contribution in [-0.2, 0) is 0 Å². The Morgan fingerprint density at radius 3 is 2.22 bits per heavy atom. The molecule has 1 atom stereocenters. The number of para-hydroxylation sites is 2. The highest BCUT2D eigenvalue weighted by molar-refractivity contribution is 6.50. The van der Waals surface area contributed by atoms with Gasteiger partial charge in [0.1, 0.15) is 17.5 Å². The highest BCUT2D eigenvalue weighted by atomic mass is 16.4. The van der Waals surface area contributed by atoms with Crippen LogP contribution >= 0.6 is 0 Å². The Kier molecular flexibility index (Phi) is 3.57. The summed E-state index contributed by atoms with van der Waals surface area (Å²) in [6.07, 6.45) is 0. The number of fused-ring (bicyclic) bond motifs is 3. The molecule has 1 aliphatic rings. The molecule has 5 nitrogen and oxygen atoms in total. The van der Waals surface area contributed by atoms with Crippen LogP contribution in [0, 0.1) is 0 Å². The maximum atomic E-state index is 9.96. The van der Waals surface area contributed by atoms with Crippen LogP contribution in [0.15, 0.2) is 95.1 Å². The minimum absolute atomic E-state index is 0.314. The third kappa shape index (κ3) is 2.44. The highest BCUT2D eigenvalue weighted by Gasteiger charge is 2.33. The second kappa shape index (κ2) is 6.21. The van der Waals surface area contributed by atoms with E-state index in [1.54, 1.807) is 0 Å². The van der Waals surface area contributed by atoms with Crippen molar-refractivity contribution in [2.45, 2.75) is 6.04 Å². The number of hydrogen-bond acceptors (Lipinski definition) is 4. The van der Waals surface area contributed by atoms with Gasteiger partial charge in [-0.25, -0.2) is 9.98 Å². The van der Waals surface area contributed by atoms with E-state index in [2.05, 4.69) is 5.16 Å². The molecule has 0 spiro atoms. The van der Waals surface area contributed by atoms with Crippen molar-refractivity contribution in [3.63, 3.8) is 0 Å². The van der Waals surface area contributed by atoms with Crippen molar-refractivity contribution in [1.29, 1.82) is 0 Å². The summed E-state index contributed by atoms with van der Waals surface area (Å²) in [6.45, 7) is 0. The van der Waals surface area contributed by atoms with Gasteiger partial charge in [0.2, 0.25) is 5.95 Å². The first-order valence-electron chi connectivity index (χ1n) is 8.75. The standard InChI is InChI=1S/C22H16N4O/c27-25-20-19(15-9-3-1-4-10-15)24-22-23-17-13-7-8-14-18(17)26(22)21(20)16-11-5-2-6-12-16/h1-14,21,27H/b25-20+. The van der Waals surface area contributed by atoms with Gasteiger partial charge < -0.3 is 5.21 Å². The molecule has 0 saturated carbocycles. The lowest BCUT2D eigenvalue weighted by atomic mass is 9.93. The Bertz CT molecular complexity index is 1180. The Morgan fingerprint density at radius 2 is 1.48 bits per heavy atom. The number of oxime groups is 1. The minimum atomic E-state index is -0.314. The average molecular weight is 352 g/mol. The third-order valence-corrected chi connectivity index (χ3v) is 4.82. The molecule has 0 aliphatic carbocycles. The molecule has 3 aromatic carbocycles. The fourth-order valence-corrected chi connectivity index (χ4v) is 3.63. The molecular weight excluding hydrogens is 336 g/mol. The molecule has 5 heteroatoms. The van der Waals surface area contributed by atoms with Gasteiger partial charge in [-0.1, -0.05) is 78.0 Å². The van der Waals surface area contributed by atoms with Gasteiger partial charge in [-0.3, -0.25) is 4.57 Å².